The van der Waals surface area contributed by atoms with E-state index in [4.69, 9.17) is 0 Å². The summed E-state index contributed by atoms with van der Waals surface area (Å²) in [5, 5.41) is 10.7. The number of nitrogens with zero attached hydrogens (tertiary/aromatic N) is 2. The largest absolute Gasteiger partial charge is 0.327 e. The van der Waals surface area contributed by atoms with Crippen molar-refractivity contribution in [3.8, 4) is 0 Å². The second kappa shape index (κ2) is 3.43. The van der Waals surface area contributed by atoms with Gasteiger partial charge in [-0.25, -0.2) is 4.98 Å². The van der Waals surface area contributed by atoms with Crippen molar-refractivity contribution < 1.29 is 4.92 Å². The number of pyridine rings is 2. The second-order valence-electron chi connectivity index (χ2n) is 2.81. The van der Waals surface area contributed by atoms with Crippen LogP contribution in [0, 0.1) is 10.1 Å². The molecular weight excluding hydrogens is 266 g/mol. The third-order valence-electron chi connectivity index (χ3n) is 1.88. The molecule has 15 heavy (non-hydrogen) atoms. The van der Waals surface area contributed by atoms with Crippen LogP contribution in [-0.4, -0.2) is 14.9 Å². The van der Waals surface area contributed by atoms with Crippen LogP contribution in [0.2, 0.25) is 0 Å². The highest BCUT2D eigenvalue weighted by Crippen LogP contribution is 2.21. The first-order chi connectivity index (χ1) is 7.09. The third kappa shape index (κ3) is 1.61. The van der Waals surface area contributed by atoms with Gasteiger partial charge in [0.15, 0.2) is 0 Å². The molecule has 0 aliphatic rings. The van der Waals surface area contributed by atoms with Gasteiger partial charge in [0.25, 0.3) is 11.2 Å². The van der Waals surface area contributed by atoms with Gasteiger partial charge in [0.2, 0.25) is 0 Å². The predicted molar refractivity (Wildman–Crippen MR) is 56.7 cm³/mol. The number of aromatic nitrogens is 2. The molecule has 0 amide bonds. The first-order valence-corrected chi connectivity index (χ1v) is 4.70. The predicted octanol–water partition coefficient (Wildman–Crippen LogP) is 1.59. The number of nitrogens with one attached hydrogen (secondary N) is 1. The van der Waals surface area contributed by atoms with Crippen LogP contribution in [0.4, 0.5) is 5.69 Å². The number of nitro groups is 1. The Labute approximate surface area is 91.2 Å². The van der Waals surface area contributed by atoms with Crippen LogP contribution in [0.15, 0.2) is 27.7 Å². The van der Waals surface area contributed by atoms with Crippen LogP contribution < -0.4 is 5.56 Å². The maximum Gasteiger partial charge on any atom is 0.288 e. The monoisotopic (exact) mass is 269 g/mol. The fourth-order valence-electron chi connectivity index (χ4n) is 1.19. The van der Waals surface area contributed by atoms with Gasteiger partial charge in [0.1, 0.15) is 6.20 Å². The van der Waals surface area contributed by atoms with Gasteiger partial charge in [-0.05, 0) is 15.9 Å². The van der Waals surface area contributed by atoms with E-state index < -0.39 is 10.5 Å². The van der Waals surface area contributed by atoms with Gasteiger partial charge < -0.3 is 4.98 Å². The summed E-state index contributed by atoms with van der Waals surface area (Å²) < 4.78 is 0.590. The maximum atomic E-state index is 11.4. The van der Waals surface area contributed by atoms with E-state index in [1.165, 1.54) is 12.3 Å². The summed E-state index contributed by atoms with van der Waals surface area (Å²) in [6, 6.07) is 1.20. The highest BCUT2D eigenvalue weighted by atomic mass is 79.9. The summed E-state index contributed by atoms with van der Waals surface area (Å²) in [6.07, 6.45) is 2.57. The number of fused-ring (bicyclic) bond motifs is 1. The minimum atomic E-state index is -0.590. The van der Waals surface area contributed by atoms with Crippen LogP contribution in [0.3, 0.4) is 0 Å². The molecule has 0 aliphatic carbocycles. The molecule has 76 valence electrons. The Morgan fingerprint density at radius 2 is 2.27 bits per heavy atom. The maximum absolute atomic E-state index is 11.4. The van der Waals surface area contributed by atoms with Gasteiger partial charge in [-0.3, -0.25) is 14.9 Å². The molecule has 0 fully saturated rings. The van der Waals surface area contributed by atoms with Crippen molar-refractivity contribution in [2.75, 3.05) is 0 Å². The summed E-state index contributed by atoms with van der Waals surface area (Å²) in [7, 11) is 0. The van der Waals surface area contributed by atoms with Crippen molar-refractivity contribution >= 4 is 32.5 Å². The zero-order chi connectivity index (χ0) is 11.0. The number of halogens is 1. The Morgan fingerprint density at radius 1 is 1.53 bits per heavy atom. The zero-order valence-electron chi connectivity index (χ0n) is 7.23. The highest BCUT2D eigenvalue weighted by Gasteiger charge is 2.11. The number of H-pyrrole nitrogens is 1. The zero-order valence-corrected chi connectivity index (χ0v) is 8.82. The van der Waals surface area contributed by atoms with Crippen LogP contribution >= 0.6 is 15.9 Å². The average Bonchev–Trinajstić information content (AvgIpc) is 2.23. The van der Waals surface area contributed by atoms with E-state index in [0.717, 1.165) is 6.20 Å². The number of aromatic amines is 1. The summed E-state index contributed by atoms with van der Waals surface area (Å²) >= 11 is 3.19. The van der Waals surface area contributed by atoms with Gasteiger partial charge in [-0.15, -0.1) is 0 Å². The molecule has 2 rings (SSSR count). The normalized spacial score (nSPS) is 10.5. The van der Waals surface area contributed by atoms with Crippen LogP contribution in [0.5, 0.6) is 0 Å². The first kappa shape index (κ1) is 9.78. The number of hydrogen-bond acceptors (Lipinski definition) is 4. The minimum absolute atomic E-state index is 0.193. The Balaban J connectivity index is 2.87. The molecule has 0 aromatic carbocycles. The molecular formula is C8H4BrN3O3. The lowest BCUT2D eigenvalue weighted by molar-refractivity contribution is -0.385. The van der Waals surface area contributed by atoms with Gasteiger partial charge in [-0.2, -0.15) is 0 Å². The van der Waals surface area contributed by atoms with Crippen molar-refractivity contribution in [2.24, 2.45) is 0 Å². The van der Waals surface area contributed by atoms with Crippen molar-refractivity contribution in [1.82, 2.24) is 9.97 Å². The lowest BCUT2D eigenvalue weighted by atomic mass is 10.2. The van der Waals surface area contributed by atoms with Crippen molar-refractivity contribution in [3.05, 3.63) is 43.4 Å². The molecule has 0 atom stereocenters. The molecule has 7 heteroatoms. The van der Waals surface area contributed by atoms with Gasteiger partial charge >= 0.3 is 0 Å². The molecule has 2 aromatic rings. The van der Waals surface area contributed by atoms with Crippen molar-refractivity contribution in [2.45, 2.75) is 0 Å². The molecule has 0 aliphatic heterocycles. The highest BCUT2D eigenvalue weighted by molar-refractivity contribution is 9.10. The smallest absolute Gasteiger partial charge is 0.288 e. The van der Waals surface area contributed by atoms with E-state index in [1.807, 2.05) is 0 Å². The van der Waals surface area contributed by atoms with Crippen LogP contribution in [0.1, 0.15) is 0 Å². The lowest BCUT2D eigenvalue weighted by Gasteiger charge is -1.97. The molecule has 1 N–H and O–H groups in total. The van der Waals surface area contributed by atoms with Crippen molar-refractivity contribution in [1.29, 1.82) is 0 Å². The summed E-state index contributed by atoms with van der Waals surface area (Å²) in [5.74, 6) is 0. The van der Waals surface area contributed by atoms with E-state index in [2.05, 4.69) is 25.9 Å². The Bertz CT molecular complexity index is 608. The van der Waals surface area contributed by atoms with Crippen molar-refractivity contribution in [3.63, 3.8) is 0 Å². The third-order valence-corrected chi connectivity index (χ3v) is 2.49. The quantitative estimate of drug-likeness (QED) is 0.629. The first-order valence-electron chi connectivity index (χ1n) is 3.91. The lowest BCUT2D eigenvalue weighted by Crippen LogP contribution is -2.06. The molecule has 0 saturated carbocycles. The average molecular weight is 270 g/mol. The summed E-state index contributed by atoms with van der Waals surface area (Å²) in [5.41, 5.74) is -0.195. The molecule has 6 nitrogen and oxygen atoms in total. The Morgan fingerprint density at radius 3 is 2.93 bits per heavy atom. The molecule has 0 unspecified atom stereocenters. The van der Waals surface area contributed by atoms with E-state index in [-0.39, 0.29) is 11.1 Å². The SMILES string of the molecule is O=c1[nH]cc(Br)c2ncc([N+](=O)[O-])cc12. The molecule has 0 saturated heterocycles. The topological polar surface area (TPSA) is 88.9 Å². The fraction of sp³-hybridized carbons (Fsp3) is 0. The van der Waals surface area contributed by atoms with E-state index in [1.54, 1.807) is 0 Å². The van der Waals surface area contributed by atoms with Gasteiger partial charge in [0.05, 0.1) is 20.3 Å². The molecule has 0 spiro atoms. The fourth-order valence-corrected chi connectivity index (χ4v) is 1.62. The van der Waals surface area contributed by atoms with Gasteiger partial charge in [-0.1, -0.05) is 0 Å². The number of hydrogen-bond donors (Lipinski definition) is 1. The number of rotatable bonds is 1. The second-order valence-corrected chi connectivity index (χ2v) is 3.67. The Hall–Kier alpha value is -1.76. The Kier molecular flexibility index (Phi) is 2.24. The molecule has 0 bridgehead atoms. The molecule has 2 aromatic heterocycles. The summed E-state index contributed by atoms with van der Waals surface area (Å²) in [6.45, 7) is 0. The van der Waals surface area contributed by atoms with E-state index >= 15 is 0 Å². The van der Waals surface area contributed by atoms with Crippen LogP contribution in [-0.2, 0) is 0 Å². The van der Waals surface area contributed by atoms with Crippen LogP contribution in [0.25, 0.3) is 10.9 Å². The minimum Gasteiger partial charge on any atom is -0.327 e. The summed E-state index contributed by atoms with van der Waals surface area (Å²) in [4.78, 5) is 27.6. The van der Waals surface area contributed by atoms with E-state index in [9.17, 15) is 14.9 Å². The molecule has 0 radical (unpaired) electrons. The van der Waals surface area contributed by atoms with E-state index in [0.29, 0.717) is 9.99 Å². The molecule has 2 heterocycles. The van der Waals surface area contributed by atoms with Gasteiger partial charge in [0, 0.05) is 12.3 Å². The standard InChI is InChI=1S/C8H4BrN3O3/c9-6-3-11-8(13)5-1-4(12(14)15)2-10-7(5)6/h1-3H,(H,11,13).